The molecule has 0 aliphatic carbocycles. The quantitative estimate of drug-likeness (QED) is 0.771. The summed E-state index contributed by atoms with van der Waals surface area (Å²) in [4.78, 5) is 10.5. The number of aromatic hydroxyl groups is 1. The highest BCUT2D eigenvalue weighted by atomic mass is 35.5. The lowest BCUT2D eigenvalue weighted by atomic mass is 10.2. The molecule has 0 aliphatic rings. The van der Waals surface area contributed by atoms with Crippen LogP contribution in [0.25, 0.3) is 0 Å². The number of aromatic nitrogens is 2. The van der Waals surface area contributed by atoms with Gasteiger partial charge in [-0.3, -0.25) is 4.72 Å². The number of hydrogen-bond donors (Lipinski definition) is 3. The molecule has 21 heavy (non-hydrogen) atoms. The maximum atomic E-state index is 12.1. The SMILES string of the molecule is O=C(O)c1cc(S(=O)(=O)Nc2ccc(Cl)nn2)ccc1O. The predicted molar refractivity (Wildman–Crippen MR) is 72.9 cm³/mol. The second kappa shape index (κ2) is 5.54. The van der Waals surface area contributed by atoms with Crippen molar-refractivity contribution in [1.29, 1.82) is 0 Å². The molecule has 10 heteroatoms. The van der Waals surface area contributed by atoms with Crippen LogP contribution in [0.2, 0.25) is 5.15 Å². The summed E-state index contributed by atoms with van der Waals surface area (Å²) in [5.74, 6) is -2.06. The van der Waals surface area contributed by atoms with Gasteiger partial charge in [0.15, 0.2) is 11.0 Å². The van der Waals surface area contributed by atoms with Crippen LogP contribution in [0.1, 0.15) is 10.4 Å². The standard InChI is InChI=1S/C11H8ClN3O5S/c12-9-3-4-10(14-13-9)15-21(19,20)6-1-2-8(16)7(5-6)11(17)18/h1-5,16H,(H,14,15)(H,17,18). The van der Waals surface area contributed by atoms with Crippen molar-refractivity contribution in [3.63, 3.8) is 0 Å². The number of aromatic carboxylic acids is 1. The highest BCUT2D eigenvalue weighted by molar-refractivity contribution is 7.92. The van der Waals surface area contributed by atoms with E-state index in [1.165, 1.54) is 12.1 Å². The smallest absolute Gasteiger partial charge is 0.339 e. The van der Waals surface area contributed by atoms with Crippen molar-refractivity contribution in [2.45, 2.75) is 4.90 Å². The Bertz CT molecular complexity index is 792. The molecule has 0 atom stereocenters. The minimum Gasteiger partial charge on any atom is -0.507 e. The summed E-state index contributed by atoms with van der Waals surface area (Å²) < 4.78 is 26.3. The molecule has 0 amide bonds. The number of benzene rings is 1. The predicted octanol–water partition coefficient (Wildman–Crippen LogP) is 1.33. The van der Waals surface area contributed by atoms with Crippen LogP contribution in [0.15, 0.2) is 35.2 Å². The van der Waals surface area contributed by atoms with Gasteiger partial charge in [0.05, 0.1) is 4.90 Å². The average Bonchev–Trinajstić information content (AvgIpc) is 2.41. The first kappa shape index (κ1) is 15.0. The van der Waals surface area contributed by atoms with E-state index in [1.54, 1.807) is 0 Å². The van der Waals surface area contributed by atoms with Gasteiger partial charge in [-0.2, -0.15) is 0 Å². The van der Waals surface area contributed by atoms with Crippen LogP contribution in [0.4, 0.5) is 5.82 Å². The number of carboxylic acids is 1. The summed E-state index contributed by atoms with van der Waals surface area (Å²) in [6.45, 7) is 0. The lowest BCUT2D eigenvalue weighted by molar-refractivity contribution is 0.0693. The lowest BCUT2D eigenvalue weighted by Gasteiger charge is -2.08. The molecule has 3 N–H and O–H groups in total. The highest BCUT2D eigenvalue weighted by Gasteiger charge is 2.19. The van der Waals surface area contributed by atoms with E-state index in [-0.39, 0.29) is 15.9 Å². The van der Waals surface area contributed by atoms with E-state index < -0.39 is 27.3 Å². The third kappa shape index (κ3) is 3.38. The molecule has 0 spiro atoms. The van der Waals surface area contributed by atoms with Gasteiger partial charge in [-0.05, 0) is 30.3 Å². The van der Waals surface area contributed by atoms with Gasteiger partial charge in [0.2, 0.25) is 0 Å². The number of carbonyl (C=O) groups is 1. The van der Waals surface area contributed by atoms with Crippen molar-refractivity contribution in [3.8, 4) is 5.75 Å². The molecule has 0 radical (unpaired) electrons. The molecule has 2 aromatic rings. The Morgan fingerprint density at radius 1 is 1.19 bits per heavy atom. The van der Waals surface area contributed by atoms with E-state index in [1.807, 2.05) is 0 Å². The lowest BCUT2D eigenvalue weighted by Crippen LogP contribution is -2.15. The topological polar surface area (TPSA) is 129 Å². The fourth-order valence-electron chi connectivity index (χ4n) is 1.42. The van der Waals surface area contributed by atoms with Gasteiger partial charge in [0, 0.05) is 0 Å². The summed E-state index contributed by atoms with van der Waals surface area (Å²) in [7, 11) is -4.07. The zero-order chi connectivity index (χ0) is 15.6. The van der Waals surface area contributed by atoms with Crippen LogP contribution in [0.3, 0.4) is 0 Å². The molecule has 1 aromatic heterocycles. The molecule has 110 valence electrons. The zero-order valence-electron chi connectivity index (χ0n) is 10.2. The van der Waals surface area contributed by atoms with Crippen LogP contribution >= 0.6 is 11.6 Å². The molecular formula is C11H8ClN3O5S. The molecule has 2 rings (SSSR count). The fourth-order valence-corrected chi connectivity index (χ4v) is 2.54. The number of halogens is 1. The second-order valence-electron chi connectivity index (χ2n) is 3.83. The van der Waals surface area contributed by atoms with Crippen LogP contribution in [0.5, 0.6) is 5.75 Å². The summed E-state index contributed by atoms with van der Waals surface area (Å²) in [6, 6.07) is 5.51. The first-order valence-corrected chi connectivity index (χ1v) is 7.24. The molecule has 1 aromatic carbocycles. The van der Waals surface area contributed by atoms with E-state index in [2.05, 4.69) is 14.9 Å². The van der Waals surface area contributed by atoms with E-state index in [0.717, 1.165) is 18.2 Å². The Morgan fingerprint density at radius 2 is 1.90 bits per heavy atom. The number of rotatable bonds is 4. The normalized spacial score (nSPS) is 11.1. The summed E-state index contributed by atoms with van der Waals surface area (Å²) >= 11 is 5.53. The van der Waals surface area contributed by atoms with E-state index in [4.69, 9.17) is 16.7 Å². The molecular weight excluding hydrogens is 322 g/mol. The monoisotopic (exact) mass is 329 g/mol. The minimum absolute atomic E-state index is 0.0793. The van der Waals surface area contributed by atoms with Crippen LogP contribution in [0, 0.1) is 0 Å². The maximum Gasteiger partial charge on any atom is 0.339 e. The zero-order valence-corrected chi connectivity index (χ0v) is 11.8. The van der Waals surface area contributed by atoms with Crippen molar-refractivity contribution < 1.29 is 23.4 Å². The number of anilines is 1. The molecule has 1 heterocycles. The summed E-state index contributed by atoms with van der Waals surface area (Å²) in [5, 5.41) is 25.3. The average molecular weight is 330 g/mol. The van der Waals surface area contributed by atoms with E-state index in [9.17, 15) is 18.3 Å². The molecule has 0 aliphatic heterocycles. The third-order valence-electron chi connectivity index (χ3n) is 2.38. The van der Waals surface area contributed by atoms with Crippen molar-refractivity contribution in [2.75, 3.05) is 4.72 Å². The molecule has 0 unspecified atom stereocenters. The molecule has 8 nitrogen and oxygen atoms in total. The van der Waals surface area contributed by atoms with Crippen molar-refractivity contribution in [3.05, 3.63) is 41.0 Å². The van der Waals surface area contributed by atoms with Gasteiger partial charge in [0.1, 0.15) is 11.3 Å². The first-order valence-electron chi connectivity index (χ1n) is 5.38. The molecule has 0 bridgehead atoms. The highest BCUT2D eigenvalue weighted by Crippen LogP contribution is 2.22. The number of hydrogen-bond acceptors (Lipinski definition) is 6. The van der Waals surface area contributed by atoms with Crippen LogP contribution in [-0.2, 0) is 10.0 Å². The van der Waals surface area contributed by atoms with E-state index in [0.29, 0.717) is 0 Å². The van der Waals surface area contributed by atoms with Gasteiger partial charge >= 0.3 is 5.97 Å². The molecule has 0 fully saturated rings. The number of phenols is 1. The third-order valence-corrected chi connectivity index (χ3v) is 3.93. The Labute approximate surface area is 124 Å². The fraction of sp³-hybridized carbons (Fsp3) is 0. The Morgan fingerprint density at radius 3 is 2.48 bits per heavy atom. The Kier molecular flexibility index (Phi) is 3.96. The summed E-state index contributed by atoms with van der Waals surface area (Å²) in [6.07, 6.45) is 0. The number of carboxylic acid groups (broad SMARTS) is 1. The van der Waals surface area contributed by atoms with Crippen molar-refractivity contribution in [1.82, 2.24) is 10.2 Å². The molecule has 0 saturated carbocycles. The van der Waals surface area contributed by atoms with Crippen LogP contribution in [-0.4, -0.2) is 34.8 Å². The van der Waals surface area contributed by atoms with Gasteiger partial charge in [-0.15, -0.1) is 10.2 Å². The van der Waals surface area contributed by atoms with Crippen LogP contribution < -0.4 is 4.72 Å². The van der Waals surface area contributed by atoms with Gasteiger partial charge in [-0.25, -0.2) is 13.2 Å². The minimum atomic E-state index is -4.07. The summed E-state index contributed by atoms with van der Waals surface area (Å²) in [5.41, 5.74) is -0.528. The molecule has 0 saturated heterocycles. The maximum absolute atomic E-state index is 12.1. The Hall–Kier alpha value is -2.39. The second-order valence-corrected chi connectivity index (χ2v) is 5.90. The van der Waals surface area contributed by atoms with Crippen molar-refractivity contribution >= 4 is 33.4 Å². The van der Waals surface area contributed by atoms with Gasteiger partial charge in [0.25, 0.3) is 10.0 Å². The number of nitrogens with zero attached hydrogens (tertiary/aromatic N) is 2. The largest absolute Gasteiger partial charge is 0.507 e. The Balaban J connectivity index is 2.38. The first-order chi connectivity index (χ1) is 9.79. The van der Waals surface area contributed by atoms with Gasteiger partial charge in [-0.1, -0.05) is 11.6 Å². The van der Waals surface area contributed by atoms with Crippen molar-refractivity contribution in [2.24, 2.45) is 0 Å². The van der Waals surface area contributed by atoms with E-state index >= 15 is 0 Å². The number of sulfonamides is 1. The number of nitrogens with one attached hydrogen (secondary N) is 1. The van der Waals surface area contributed by atoms with Gasteiger partial charge < -0.3 is 10.2 Å².